The van der Waals surface area contributed by atoms with Crippen molar-refractivity contribution in [2.75, 3.05) is 56.1 Å². The molecular weight excluding hydrogens is 1990 g/mol. The Morgan fingerprint density at radius 1 is 0.613 bits per heavy atom. The van der Waals surface area contributed by atoms with Gasteiger partial charge in [-0.1, -0.05) is 30.9 Å². The van der Waals surface area contributed by atoms with Crippen molar-refractivity contribution in [2.45, 2.75) is 367 Å². The van der Waals surface area contributed by atoms with Gasteiger partial charge in [-0.2, -0.15) is 38.8 Å². The number of halogens is 3. The lowest BCUT2D eigenvalue weighted by atomic mass is 10.1. The Balaban J connectivity index is 0.000000166. The number of aromatic nitrogens is 15. The summed E-state index contributed by atoms with van der Waals surface area (Å²) >= 11 is 0. The second-order valence-corrected chi connectivity index (χ2v) is 41.6. The van der Waals surface area contributed by atoms with Gasteiger partial charge in [-0.15, -0.1) is 0 Å². The van der Waals surface area contributed by atoms with Crippen LogP contribution in [0.1, 0.15) is 198 Å². The number of nitrogens with two attached hydrogens (primary N) is 2. The third-order valence-electron chi connectivity index (χ3n) is 24.7. The molecule has 150 heavy (non-hydrogen) atoms. The van der Waals surface area contributed by atoms with Crippen LogP contribution in [0.3, 0.4) is 0 Å². The number of aliphatic imine (C=N–C) groups is 4. The normalized spacial score (nSPS) is 28.2. The van der Waals surface area contributed by atoms with E-state index in [0.29, 0.717) is 69.1 Å². The third-order valence-corrected chi connectivity index (χ3v) is 25.2. The van der Waals surface area contributed by atoms with Crippen LogP contribution in [0.4, 0.5) is 30.9 Å². The molecule has 5 fully saturated rings. The standard InChI is InChI=1S/C17H24N6O.C15H24N4O4.C14H20F2N2O4.C14H21FN2O4.C14H19N5O2.C12H22N3O5P.C11H19N3O4/c1-10(2)24-8-11-3-6-13(7-11)23-9-19-14-15(20-12-4-5-12)21-17(18)22-16(14)23;1-7(2)22-9(4)13-11(20)12(21)15(23-13)19-6-18-10-8(3)16-5-17-14(10)19;1-7(2)21-9(4)10-11(19)14(15,16)12(22-10)18-6-5-8(3)17-13(18)20;1-7(2)20-9(4)12-11(18)10(15)13(21-12)17-6-5-8(3)16-14(17)19;1-8(2)21-6-9-3-4-10(5-9)19-7-16-11-12(19)17-14(15)18-13(11)20;1-9(2)13-12-4-5-15(10(3)14-12)6-11(7-16)20-8-21(17,18)19;1-6(2)17-4-8-9(15)10(16)11(18-8)14-5-12-7(3)13-14/h3,6,9-13H,4-5,7-8H2,1-2H3,(H3,18,20,21,22);5-7,9-15,20-21H,1-4H3;5-7,9-12,19H,1-4H3;5-7,9-13,18H,1-4H3;3-4,7-10H,5-6H2,1-2H3,(H3,15,17,18,20);4-5,9,11,16H,3,6-8H2,1-2H3,(H,13,14)(H2,17,18,19);5-6,8-11,15-16H,4H2,1-3H3/t11-,13?;9?,10?,11-,12+,13+,14?,15+;9?,10-,11-,12-;9?,10-,11+,12-,13-;9-,10?;11-;8-,9-,10-,11-/m1011101/s1. The molecule has 0 aromatic carbocycles. The lowest BCUT2D eigenvalue weighted by Gasteiger charge is -2.32. The molecular formula is C97H149F3N25O24P. The fourth-order valence-electron chi connectivity index (χ4n) is 17.4. The van der Waals surface area contributed by atoms with Crippen LogP contribution in [0.5, 0.6) is 0 Å². The van der Waals surface area contributed by atoms with Gasteiger partial charge < -0.3 is 139 Å². The van der Waals surface area contributed by atoms with Crippen molar-refractivity contribution in [3.63, 3.8) is 0 Å². The van der Waals surface area contributed by atoms with Gasteiger partial charge in [0.15, 0.2) is 65.3 Å². The van der Waals surface area contributed by atoms with Crippen LogP contribution in [-0.2, 0) is 56.7 Å². The quantitative estimate of drug-likeness (QED) is 0.0176. The molecule has 7 aromatic heterocycles. The molecule has 0 spiro atoms. The first kappa shape index (κ1) is 120. The van der Waals surface area contributed by atoms with Gasteiger partial charge in [0.2, 0.25) is 18.1 Å². The van der Waals surface area contributed by atoms with E-state index in [1.54, 1.807) is 89.3 Å². The summed E-state index contributed by atoms with van der Waals surface area (Å²) in [6, 6.07) is 3.85. The number of hydrogen-bond donors (Lipinski definition) is 14. The Kier molecular flexibility index (Phi) is 42.6. The SMILES string of the molecule is C=C1NC(=NC(C)C)C=CN1C[C@@H](CO)OCP(=O)(O)O.CC(C)OC[C@@H]1C=CC(n2cnc3c(=O)[nH]c(N)nc32)C1.CC(C)OC[C@@H]1C=CC(n2cnc3c(NC4CC4)nc(N)nc32)C1.CC1=NC=NC2C1N=CN2[C@@H]1O[C@H](C(C)OC(C)C)[C@@H](O)[C@H]1O.Cc1ccn([C@@H]2O[C@H](C(C)OC(C)C)[C@@H](O)C2(F)F)c(=O)n1.Cc1ccn([C@@H]2O[C@H](C(C)OC(C)C)[C@@H](O)[C@H]2F)c(=O)n1.Cc1ncn([C@@H]2O[C@H](COC(C)C)[C@@H](O)[C@H]2O)n1. The molecule has 10 aliphatic rings. The van der Waals surface area contributed by atoms with E-state index in [2.05, 4.69) is 130 Å². The van der Waals surface area contributed by atoms with Crippen LogP contribution in [0.15, 0.2) is 127 Å². The number of rotatable bonds is 33. The van der Waals surface area contributed by atoms with E-state index in [4.69, 9.17) is 73.4 Å². The molecule has 49 nitrogen and oxygen atoms in total. The van der Waals surface area contributed by atoms with Crippen molar-refractivity contribution in [3.8, 4) is 0 Å². The van der Waals surface area contributed by atoms with Gasteiger partial charge >= 0.3 is 24.9 Å². The number of fused-ring (bicyclic) bond motifs is 3. The minimum atomic E-state index is -4.25. The number of ether oxygens (including phenoxy) is 11. The largest absolute Gasteiger partial charge is 0.394 e. The second-order valence-electron chi connectivity index (χ2n) is 40.0. The summed E-state index contributed by atoms with van der Waals surface area (Å²) in [6.07, 6.45) is 7.05. The zero-order valence-electron chi connectivity index (χ0n) is 88.3. The van der Waals surface area contributed by atoms with E-state index in [0.717, 1.165) is 46.7 Å². The first-order valence-electron chi connectivity index (χ1n) is 50.2. The molecule has 3 aliphatic carbocycles. The molecule has 1 saturated carbocycles. The highest BCUT2D eigenvalue weighted by Gasteiger charge is 2.62. The molecule has 4 saturated heterocycles. The lowest BCUT2D eigenvalue weighted by molar-refractivity contribution is -0.142. The smallest absolute Gasteiger partial charge is 0.350 e. The number of amidine groups is 1. The second kappa shape index (κ2) is 53.3. The topological polar surface area (TPSA) is 640 Å². The van der Waals surface area contributed by atoms with Gasteiger partial charge in [-0.25, -0.2) is 43.6 Å². The van der Waals surface area contributed by atoms with Crippen LogP contribution in [0, 0.1) is 32.6 Å². The molecule has 0 amide bonds. The summed E-state index contributed by atoms with van der Waals surface area (Å²) in [5.41, 5.74) is 14.0. The number of nitrogen functional groups attached to an aromatic ring is 2. The van der Waals surface area contributed by atoms with Crippen LogP contribution in [-0.4, -0.2) is 356 Å². The molecule has 7 aliphatic heterocycles. The number of nitrogens with one attached hydrogen (secondary N) is 3. The van der Waals surface area contributed by atoms with Crippen molar-refractivity contribution >= 4 is 71.9 Å². The Morgan fingerprint density at radius 3 is 1.68 bits per heavy atom. The number of aromatic amines is 1. The number of hydrogen-bond acceptors (Lipinski definition) is 40. The first-order chi connectivity index (χ1) is 70.7. The summed E-state index contributed by atoms with van der Waals surface area (Å²) in [4.78, 5) is 109. The van der Waals surface area contributed by atoms with Gasteiger partial charge in [0, 0.05) is 59.6 Å². The monoisotopic (exact) mass is 2140 g/mol. The lowest BCUT2D eigenvalue weighted by Crippen LogP contribution is -2.50. The average Bonchev–Trinajstić information content (AvgIpc) is 1.61. The minimum absolute atomic E-state index is 0.0107. The van der Waals surface area contributed by atoms with Crippen molar-refractivity contribution in [1.29, 1.82) is 0 Å². The van der Waals surface area contributed by atoms with Crippen LogP contribution in [0.2, 0.25) is 0 Å². The van der Waals surface area contributed by atoms with E-state index in [1.165, 1.54) is 48.6 Å². The maximum Gasteiger partial charge on any atom is 0.350 e. The molecule has 832 valence electrons. The van der Waals surface area contributed by atoms with E-state index in [-0.39, 0.29) is 110 Å². The fraction of sp³-hybridized carbons (Fsp3) is 0.670. The highest BCUT2D eigenvalue weighted by molar-refractivity contribution is 7.51. The number of anilines is 3. The molecule has 7 unspecified atom stereocenters. The molecule has 14 heterocycles. The van der Waals surface area contributed by atoms with Crippen molar-refractivity contribution in [1.82, 2.24) is 88.0 Å². The molecule has 17 rings (SSSR count). The van der Waals surface area contributed by atoms with E-state index in [1.807, 2.05) is 94.0 Å². The molecule has 0 radical (unpaired) electrons. The van der Waals surface area contributed by atoms with Crippen LogP contribution >= 0.6 is 7.60 Å². The number of aliphatic hydroxyl groups is 7. The van der Waals surface area contributed by atoms with Gasteiger partial charge in [-0.3, -0.25) is 33.5 Å². The Hall–Kier alpha value is -10.5. The predicted octanol–water partition coefficient (Wildman–Crippen LogP) is 5.60. The predicted molar refractivity (Wildman–Crippen MR) is 548 cm³/mol. The number of H-pyrrole nitrogens is 1. The third kappa shape index (κ3) is 32.1. The molecule has 53 heteroatoms. The van der Waals surface area contributed by atoms with Gasteiger partial charge in [-0.05, 0) is 189 Å². The average molecular weight is 2140 g/mol. The number of nitrogens with zero attached hydrogens (tertiary/aromatic N) is 20. The Bertz CT molecular complexity index is 6030. The van der Waals surface area contributed by atoms with Gasteiger partial charge in [0.05, 0.1) is 125 Å². The van der Waals surface area contributed by atoms with Crippen LogP contribution < -0.4 is 39.0 Å². The van der Waals surface area contributed by atoms with Crippen molar-refractivity contribution < 1.29 is 115 Å². The first-order valence-corrected chi connectivity index (χ1v) is 52.0. The van der Waals surface area contributed by atoms with Crippen LogP contribution in [0.25, 0.3) is 22.3 Å². The summed E-state index contributed by atoms with van der Waals surface area (Å²) in [6.45, 7) is 44.3. The maximum absolute atomic E-state index is 14.3. The maximum atomic E-state index is 14.3. The summed E-state index contributed by atoms with van der Waals surface area (Å²) in [5, 5.41) is 80.1. The minimum Gasteiger partial charge on any atom is -0.394 e. The van der Waals surface area contributed by atoms with E-state index >= 15 is 0 Å². The highest BCUT2D eigenvalue weighted by Crippen LogP contribution is 2.45. The summed E-state index contributed by atoms with van der Waals surface area (Å²) < 4.78 is 121. The number of alkyl halides is 3. The van der Waals surface area contributed by atoms with E-state index in [9.17, 15) is 67.9 Å². The highest BCUT2D eigenvalue weighted by atomic mass is 31.2. The van der Waals surface area contributed by atoms with E-state index < -0.39 is 142 Å². The summed E-state index contributed by atoms with van der Waals surface area (Å²) in [7, 11) is -4.25. The Morgan fingerprint density at radius 2 is 1.15 bits per heavy atom. The number of imidazole rings is 2. The summed E-state index contributed by atoms with van der Waals surface area (Å²) in [5.74, 6) is 0.137. The molecule has 0 bridgehead atoms. The Labute approximate surface area is 866 Å². The van der Waals surface area contributed by atoms with Crippen molar-refractivity contribution in [2.24, 2.45) is 31.8 Å². The molecule has 25 atom stereocenters. The fourth-order valence-corrected chi connectivity index (χ4v) is 17.8. The van der Waals surface area contributed by atoms with Gasteiger partial charge in [0.1, 0.15) is 97.5 Å². The van der Waals surface area contributed by atoms with Crippen molar-refractivity contribution in [3.05, 3.63) is 141 Å². The zero-order chi connectivity index (χ0) is 110. The number of allylic oxidation sites excluding steroid dienone is 2. The van der Waals surface area contributed by atoms with Gasteiger partial charge in [0.25, 0.3) is 5.56 Å². The molecule has 7 aromatic rings. The number of aliphatic hydroxyl groups excluding tert-OH is 7. The molecule has 16 N–H and O–H groups in total. The zero-order valence-corrected chi connectivity index (χ0v) is 89.2. The number of aryl methyl sites for hydroxylation is 3.